The highest BCUT2D eigenvalue weighted by Gasteiger charge is 2.06. The van der Waals surface area contributed by atoms with Gasteiger partial charge in [0.25, 0.3) is 5.91 Å². The number of nitrogen functional groups attached to an aromatic ring is 1. The van der Waals surface area contributed by atoms with E-state index in [2.05, 4.69) is 10.3 Å². The Balaban J connectivity index is 1.90. The van der Waals surface area contributed by atoms with Crippen LogP contribution in [0.2, 0.25) is 0 Å². The van der Waals surface area contributed by atoms with Crippen LogP contribution in [0, 0.1) is 6.92 Å². The van der Waals surface area contributed by atoms with Crippen LogP contribution in [-0.2, 0) is 4.79 Å². The Hall–Kier alpha value is -2.56. The zero-order chi connectivity index (χ0) is 13.7. The van der Waals surface area contributed by atoms with Gasteiger partial charge >= 0.3 is 0 Å². The molecule has 98 valence electrons. The maximum atomic E-state index is 11.7. The zero-order valence-electron chi connectivity index (χ0n) is 10.6. The third-order valence-electron chi connectivity index (χ3n) is 2.46. The Morgan fingerprint density at radius 2 is 2.16 bits per heavy atom. The topological polar surface area (TPSA) is 77.2 Å². The number of rotatable bonds is 4. The van der Waals surface area contributed by atoms with Gasteiger partial charge in [0.1, 0.15) is 11.6 Å². The minimum Gasteiger partial charge on any atom is -0.482 e. The van der Waals surface area contributed by atoms with Crippen molar-refractivity contribution in [2.45, 2.75) is 6.92 Å². The standard InChI is InChI=1S/C14H15N3O2/c1-10-6-7-16-13(8-10)17-14(18)9-19-12-5-3-2-4-11(12)15/h2-8H,9,15H2,1H3,(H,16,17,18). The minimum atomic E-state index is -0.277. The molecule has 0 saturated carbocycles. The number of anilines is 2. The molecule has 1 aromatic carbocycles. The first kappa shape index (κ1) is 12.9. The first-order valence-electron chi connectivity index (χ1n) is 5.85. The largest absolute Gasteiger partial charge is 0.482 e. The molecule has 0 unspecified atom stereocenters. The third kappa shape index (κ3) is 3.70. The molecule has 5 nitrogen and oxygen atoms in total. The van der Waals surface area contributed by atoms with E-state index in [0.717, 1.165) is 5.56 Å². The molecule has 19 heavy (non-hydrogen) atoms. The van der Waals surface area contributed by atoms with Crippen LogP contribution in [0.25, 0.3) is 0 Å². The van der Waals surface area contributed by atoms with E-state index in [-0.39, 0.29) is 12.5 Å². The second kappa shape index (κ2) is 5.86. The summed E-state index contributed by atoms with van der Waals surface area (Å²) in [5, 5.41) is 2.66. The van der Waals surface area contributed by atoms with Crippen LogP contribution in [0.15, 0.2) is 42.6 Å². The number of ether oxygens (including phenoxy) is 1. The van der Waals surface area contributed by atoms with Crippen molar-refractivity contribution in [2.75, 3.05) is 17.7 Å². The number of nitrogens with one attached hydrogen (secondary N) is 1. The van der Waals surface area contributed by atoms with Gasteiger partial charge in [-0.1, -0.05) is 12.1 Å². The molecule has 0 radical (unpaired) electrons. The van der Waals surface area contributed by atoms with Gasteiger partial charge in [-0.05, 0) is 36.8 Å². The predicted octanol–water partition coefficient (Wildman–Crippen LogP) is 1.99. The molecule has 5 heteroatoms. The van der Waals surface area contributed by atoms with Gasteiger partial charge in [0.2, 0.25) is 0 Å². The van der Waals surface area contributed by atoms with Gasteiger partial charge in [0.05, 0.1) is 5.69 Å². The Labute approximate surface area is 111 Å². The van der Waals surface area contributed by atoms with Gasteiger partial charge in [0, 0.05) is 6.20 Å². The van der Waals surface area contributed by atoms with E-state index >= 15 is 0 Å². The van der Waals surface area contributed by atoms with Crippen molar-refractivity contribution < 1.29 is 9.53 Å². The van der Waals surface area contributed by atoms with E-state index in [1.54, 1.807) is 36.5 Å². The Morgan fingerprint density at radius 3 is 2.89 bits per heavy atom. The molecule has 2 rings (SSSR count). The molecule has 0 aliphatic heterocycles. The van der Waals surface area contributed by atoms with Crippen molar-refractivity contribution in [2.24, 2.45) is 0 Å². The number of carbonyl (C=O) groups is 1. The highest BCUT2D eigenvalue weighted by atomic mass is 16.5. The number of hydrogen-bond donors (Lipinski definition) is 2. The van der Waals surface area contributed by atoms with Gasteiger partial charge in [-0.2, -0.15) is 0 Å². The lowest BCUT2D eigenvalue weighted by Crippen LogP contribution is -2.21. The van der Waals surface area contributed by atoms with Crippen molar-refractivity contribution in [3.05, 3.63) is 48.2 Å². The van der Waals surface area contributed by atoms with Crippen molar-refractivity contribution >= 4 is 17.4 Å². The molecule has 1 heterocycles. The number of pyridine rings is 1. The number of benzene rings is 1. The molecule has 0 bridgehead atoms. The maximum absolute atomic E-state index is 11.7. The van der Waals surface area contributed by atoms with Crippen LogP contribution in [0.5, 0.6) is 5.75 Å². The summed E-state index contributed by atoms with van der Waals surface area (Å²) in [6.07, 6.45) is 1.64. The summed E-state index contributed by atoms with van der Waals surface area (Å²) in [5.41, 5.74) is 7.24. The number of carbonyl (C=O) groups excluding carboxylic acids is 1. The number of aryl methyl sites for hydroxylation is 1. The monoisotopic (exact) mass is 257 g/mol. The lowest BCUT2D eigenvalue weighted by molar-refractivity contribution is -0.118. The highest BCUT2D eigenvalue weighted by molar-refractivity contribution is 5.91. The summed E-state index contributed by atoms with van der Waals surface area (Å²) in [6.45, 7) is 1.82. The van der Waals surface area contributed by atoms with Crippen LogP contribution in [0.3, 0.4) is 0 Å². The molecule has 0 atom stereocenters. The molecule has 0 fully saturated rings. The van der Waals surface area contributed by atoms with E-state index in [4.69, 9.17) is 10.5 Å². The molecule has 0 aliphatic rings. The highest BCUT2D eigenvalue weighted by Crippen LogP contribution is 2.19. The average molecular weight is 257 g/mol. The summed E-state index contributed by atoms with van der Waals surface area (Å²) >= 11 is 0. The molecule has 0 spiro atoms. The summed E-state index contributed by atoms with van der Waals surface area (Å²) < 4.78 is 5.34. The quantitative estimate of drug-likeness (QED) is 0.821. The second-order valence-electron chi connectivity index (χ2n) is 4.09. The molecule has 3 N–H and O–H groups in total. The minimum absolute atomic E-state index is 0.107. The fourth-order valence-corrected chi connectivity index (χ4v) is 1.54. The molecule has 1 aromatic heterocycles. The second-order valence-corrected chi connectivity index (χ2v) is 4.09. The number of aromatic nitrogens is 1. The normalized spacial score (nSPS) is 9.95. The van der Waals surface area contributed by atoms with Crippen molar-refractivity contribution in [3.8, 4) is 5.75 Å². The van der Waals surface area contributed by atoms with E-state index in [1.807, 2.05) is 13.0 Å². The number of para-hydroxylation sites is 2. The van der Waals surface area contributed by atoms with Gasteiger partial charge in [-0.15, -0.1) is 0 Å². The van der Waals surface area contributed by atoms with Gasteiger partial charge in [-0.25, -0.2) is 4.98 Å². The number of nitrogens with two attached hydrogens (primary N) is 1. The Bertz CT molecular complexity index is 584. The van der Waals surface area contributed by atoms with Gasteiger partial charge < -0.3 is 15.8 Å². The van der Waals surface area contributed by atoms with Gasteiger partial charge in [0.15, 0.2) is 6.61 Å². The van der Waals surface area contributed by atoms with Crippen molar-refractivity contribution in [3.63, 3.8) is 0 Å². The summed E-state index contributed by atoms with van der Waals surface area (Å²) in [6, 6.07) is 10.7. The average Bonchev–Trinajstić information content (AvgIpc) is 2.38. The van der Waals surface area contributed by atoms with Crippen LogP contribution in [-0.4, -0.2) is 17.5 Å². The van der Waals surface area contributed by atoms with E-state index in [1.165, 1.54) is 0 Å². The van der Waals surface area contributed by atoms with Crippen LogP contribution >= 0.6 is 0 Å². The molecule has 0 saturated heterocycles. The predicted molar refractivity (Wildman–Crippen MR) is 74.0 cm³/mol. The fourth-order valence-electron chi connectivity index (χ4n) is 1.54. The third-order valence-corrected chi connectivity index (χ3v) is 2.46. The van der Waals surface area contributed by atoms with Gasteiger partial charge in [-0.3, -0.25) is 4.79 Å². The lowest BCUT2D eigenvalue weighted by Gasteiger charge is -2.08. The Kier molecular flexibility index (Phi) is 3.97. The zero-order valence-corrected chi connectivity index (χ0v) is 10.6. The lowest BCUT2D eigenvalue weighted by atomic mass is 10.3. The molecular formula is C14H15N3O2. The molecule has 1 amide bonds. The SMILES string of the molecule is Cc1ccnc(NC(=O)COc2ccccc2N)c1. The summed E-state index contributed by atoms with van der Waals surface area (Å²) in [7, 11) is 0. The molecule has 0 aliphatic carbocycles. The first-order valence-corrected chi connectivity index (χ1v) is 5.85. The smallest absolute Gasteiger partial charge is 0.263 e. The maximum Gasteiger partial charge on any atom is 0.263 e. The van der Waals surface area contributed by atoms with Crippen LogP contribution in [0.4, 0.5) is 11.5 Å². The van der Waals surface area contributed by atoms with Crippen molar-refractivity contribution in [1.29, 1.82) is 0 Å². The van der Waals surface area contributed by atoms with Crippen LogP contribution in [0.1, 0.15) is 5.56 Å². The van der Waals surface area contributed by atoms with E-state index < -0.39 is 0 Å². The van der Waals surface area contributed by atoms with E-state index in [9.17, 15) is 4.79 Å². The molecular weight excluding hydrogens is 242 g/mol. The first-order chi connectivity index (χ1) is 9.15. The van der Waals surface area contributed by atoms with Crippen LogP contribution < -0.4 is 15.8 Å². The number of amides is 1. The summed E-state index contributed by atoms with van der Waals surface area (Å²) in [4.78, 5) is 15.7. The summed E-state index contributed by atoms with van der Waals surface area (Å²) in [5.74, 6) is 0.728. The van der Waals surface area contributed by atoms with E-state index in [0.29, 0.717) is 17.3 Å². The number of nitrogens with zero attached hydrogens (tertiary/aromatic N) is 1. The molecule has 2 aromatic rings. The Morgan fingerprint density at radius 1 is 1.37 bits per heavy atom. The van der Waals surface area contributed by atoms with Crippen molar-refractivity contribution in [1.82, 2.24) is 4.98 Å². The fraction of sp³-hybridized carbons (Fsp3) is 0.143. The number of hydrogen-bond acceptors (Lipinski definition) is 4.